The Balaban J connectivity index is 2.40. The molecule has 0 saturated heterocycles. The molecule has 0 spiro atoms. The zero-order chi connectivity index (χ0) is 31.6. The zero-order valence-corrected chi connectivity index (χ0v) is 23.7. The third-order valence-corrected chi connectivity index (χ3v) is 6.60. The molecule has 18 nitrogen and oxygen atoms in total. The molecule has 2 amide bonds. The number of thiocarbonyl (C=S) groups is 1. The van der Waals surface area contributed by atoms with Gasteiger partial charge in [-0.1, -0.05) is 0 Å². The van der Waals surface area contributed by atoms with E-state index in [4.69, 9.17) is 22.4 Å². The van der Waals surface area contributed by atoms with E-state index in [1.165, 1.54) is 23.0 Å². The van der Waals surface area contributed by atoms with Gasteiger partial charge in [-0.05, 0) is 34.9 Å². The second-order valence-corrected chi connectivity index (χ2v) is 9.38. The highest BCUT2D eigenvalue weighted by Crippen LogP contribution is 2.17. The number of hydrogen-bond donors (Lipinski definition) is 2. The maximum Gasteiger partial charge on any atom is 0.342 e. The number of imidazole rings is 2. The molecule has 0 unspecified atom stereocenters. The number of nitro groups is 2. The van der Waals surface area contributed by atoms with E-state index in [1.54, 1.807) is 0 Å². The molecule has 0 fully saturated rings. The van der Waals surface area contributed by atoms with Gasteiger partial charge in [-0.25, -0.2) is 19.1 Å². The SMILES string of the molecule is Cc1ncc([N+](=O)[O-])n1CCN(C(=O)CCCC(=O)O)C(=S)N(CCn1c([N+](=O)[O-])cnc1C)C(=O)CCCC(=O)O. The lowest BCUT2D eigenvalue weighted by Gasteiger charge is -2.31. The highest BCUT2D eigenvalue weighted by Gasteiger charge is 2.30. The van der Waals surface area contributed by atoms with E-state index >= 15 is 0 Å². The average Bonchev–Trinajstić information content (AvgIpc) is 3.46. The molecule has 2 aromatic heterocycles. The number of carboxylic acids is 2. The Morgan fingerprint density at radius 3 is 1.45 bits per heavy atom. The zero-order valence-electron chi connectivity index (χ0n) is 22.9. The summed E-state index contributed by atoms with van der Waals surface area (Å²) in [6.45, 7) is 2.21. The summed E-state index contributed by atoms with van der Waals surface area (Å²) in [6.07, 6.45) is 0.806. The van der Waals surface area contributed by atoms with Gasteiger partial charge >= 0.3 is 23.6 Å². The van der Waals surface area contributed by atoms with E-state index in [0.29, 0.717) is 0 Å². The number of aliphatic carboxylic acids is 2. The lowest BCUT2D eigenvalue weighted by molar-refractivity contribution is -0.392. The second kappa shape index (κ2) is 15.3. The van der Waals surface area contributed by atoms with Crippen molar-refractivity contribution < 1.29 is 39.2 Å². The number of carbonyl (C=O) groups excluding carboxylic acids is 2. The van der Waals surface area contributed by atoms with Gasteiger partial charge in [-0.15, -0.1) is 0 Å². The van der Waals surface area contributed by atoms with Gasteiger partial charge in [0.25, 0.3) is 0 Å². The summed E-state index contributed by atoms with van der Waals surface area (Å²) in [4.78, 5) is 79.9. The third kappa shape index (κ3) is 9.11. The fourth-order valence-electron chi connectivity index (χ4n) is 4.01. The van der Waals surface area contributed by atoms with Gasteiger partial charge < -0.3 is 30.4 Å². The molecule has 228 valence electrons. The molecule has 42 heavy (non-hydrogen) atoms. The van der Waals surface area contributed by atoms with Gasteiger partial charge in [0.15, 0.2) is 16.8 Å². The highest BCUT2D eigenvalue weighted by atomic mass is 32.1. The van der Waals surface area contributed by atoms with Crippen molar-refractivity contribution in [1.82, 2.24) is 28.9 Å². The van der Waals surface area contributed by atoms with Crippen LogP contribution >= 0.6 is 12.2 Å². The third-order valence-electron chi connectivity index (χ3n) is 6.16. The number of carbonyl (C=O) groups is 4. The maximum atomic E-state index is 13.3. The minimum absolute atomic E-state index is 0.0511. The number of aromatic nitrogens is 4. The standard InChI is InChI=1S/C23H30N8O10S/c1-15-24-13-17(30(38)39)26(15)9-11-28(19(32)5-3-7-21(34)35)23(42)29(20(33)6-4-8-22(36)37)12-10-27-16(2)25-14-18(27)31(40)41/h13-14H,3-12H2,1-2H3,(H,34,35)(H,36,37). The normalized spacial score (nSPS) is 10.7. The van der Waals surface area contributed by atoms with Crippen molar-refractivity contribution in [2.45, 2.75) is 65.5 Å². The summed E-state index contributed by atoms with van der Waals surface area (Å²) in [5.74, 6) is -3.72. The Morgan fingerprint density at radius 2 is 1.14 bits per heavy atom. The van der Waals surface area contributed by atoms with Crippen LogP contribution in [0.15, 0.2) is 12.4 Å². The number of hydrogen-bond acceptors (Lipinski definition) is 11. The topological polar surface area (TPSA) is 237 Å². The van der Waals surface area contributed by atoms with Crippen molar-refractivity contribution in [1.29, 1.82) is 0 Å². The van der Waals surface area contributed by atoms with Crippen molar-refractivity contribution >= 4 is 52.7 Å². The summed E-state index contributed by atoms with van der Waals surface area (Å²) >= 11 is 5.54. The van der Waals surface area contributed by atoms with Crippen LogP contribution in [0.4, 0.5) is 11.6 Å². The van der Waals surface area contributed by atoms with Crippen LogP contribution in [-0.2, 0) is 32.3 Å². The first-order chi connectivity index (χ1) is 19.7. The summed E-state index contributed by atoms with van der Waals surface area (Å²) < 4.78 is 2.47. The molecule has 2 N–H and O–H groups in total. The predicted octanol–water partition coefficient (Wildman–Crippen LogP) is 1.66. The van der Waals surface area contributed by atoms with E-state index in [0.717, 1.165) is 22.2 Å². The molecule has 0 saturated carbocycles. The molecular weight excluding hydrogens is 580 g/mol. The van der Waals surface area contributed by atoms with Crippen molar-refractivity contribution in [3.05, 3.63) is 44.3 Å². The van der Waals surface area contributed by atoms with Crippen LogP contribution in [0.1, 0.15) is 50.2 Å². The first-order valence-electron chi connectivity index (χ1n) is 12.7. The van der Waals surface area contributed by atoms with Crippen LogP contribution in [0.2, 0.25) is 0 Å². The van der Waals surface area contributed by atoms with Crippen LogP contribution in [0.3, 0.4) is 0 Å². The molecule has 19 heteroatoms. The Morgan fingerprint density at radius 1 is 0.786 bits per heavy atom. The van der Waals surface area contributed by atoms with Gasteiger partial charge in [-0.3, -0.25) is 29.0 Å². The second-order valence-electron chi connectivity index (χ2n) is 9.01. The molecule has 0 aliphatic heterocycles. The fourth-order valence-corrected chi connectivity index (χ4v) is 4.39. The molecule has 2 heterocycles. The molecular formula is C23H30N8O10S. The van der Waals surface area contributed by atoms with E-state index < -0.39 is 33.6 Å². The maximum absolute atomic E-state index is 13.3. The van der Waals surface area contributed by atoms with Gasteiger partial charge in [0.05, 0.1) is 13.1 Å². The molecule has 0 aliphatic carbocycles. The fraction of sp³-hybridized carbons (Fsp3) is 0.522. The first-order valence-corrected chi connectivity index (χ1v) is 13.1. The number of nitrogens with zero attached hydrogens (tertiary/aromatic N) is 8. The molecule has 0 bridgehead atoms. The Bertz CT molecular complexity index is 1270. The highest BCUT2D eigenvalue weighted by molar-refractivity contribution is 7.80. The number of amides is 2. The van der Waals surface area contributed by atoms with Crippen LogP contribution in [0, 0.1) is 34.1 Å². The van der Waals surface area contributed by atoms with Gasteiger partial charge in [0.1, 0.15) is 25.5 Å². The van der Waals surface area contributed by atoms with Crippen LogP contribution in [0.5, 0.6) is 0 Å². The minimum Gasteiger partial charge on any atom is -0.481 e. The smallest absolute Gasteiger partial charge is 0.342 e. The van der Waals surface area contributed by atoms with Crippen molar-refractivity contribution in [2.75, 3.05) is 13.1 Å². The molecule has 2 rings (SSSR count). The Labute approximate surface area is 243 Å². The van der Waals surface area contributed by atoms with E-state index in [-0.39, 0.29) is 93.1 Å². The monoisotopic (exact) mass is 610 g/mol. The van der Waals surface area contributed by atoms with E-state index in [1.807, 2.05) is 0 Å². The molecule has 0 radical (unpaired) electrons. The van der Waals surface area contributed by atoms with Crippen molar-refractivity contribution in [3.8, 4) is 0 Å². The number of carboxylic acid groups (broad SMARTS) is 2. The summed E-state index contributed by atoms with van der Waals surface area (Å²) in [7, 11) is 0. The molecule has 2 aromatic rings. The lowest BCUT2D eigenvalue weighted by atomic mass is 10.2. The predicted molar refractivity (Wildman–Crippen MR) is 146 cm³/mol. The van der Waals surface area contributed by atoms with Crippen LogP contribution in [0.25, 0.3) is 0 Å². The largest absolute Gasteiger partial charge is 0.481 e. The molecule has 0 aliphatic rings. The van der Waals surface area contributed by atoms with Crippen LogP contribution in [-0.4, -0.2) is 90.9 Å². The Kier molecular flexibility index (Phi) is 12.1. The van der Waals surface area contributed by atoms with Crippen LogP contribution < -0.4 is 0 Å². The molecule has 0 atom stereocenters. The lowest BCUT2D eigenvalue weighted by Crippen LogP contribution is -2.50. The van der Waals surface area contributed by atoms with E-state index in [2.05, 4.69) is 9.97 Å². The van der Waals surface area contributed by atoms with Gasteiger partial charge in [-0.2, -0.15) is 0 Å². The summed E-state index contributed by atoms with van der Waals surface area (Å²) in [5.41, 5.74) is 0. The van der Waals surface area contributed by atoms with E-state index in [9.17, 15) is 39.4 Å². The Hall–Kier alpha value is -4.81. The van der Waals surface area contributed by atoms with Gasteiger partial charge in [0, 0.05) is 39.5 Å². The van der Waals surface area contributed by atoms with Crippen molar-refractivity contribution in [3.63, 3.8) is 0 Å². The minimum atomic E-state index is -1.13. The van der Waals surface area contributed by atoms with Crippen molar-refractivity contribution in [2.24, 2.45) is 0 Å². The summed E-state index contributed by atoms with van der Waals surface area (Å²) in [5, 5.41) is 40.5. The average molecular weight is 611 g/mol. The molecule has 0 aromatic carbocycles. The summed E-state index contributed by atoms with van der Waals surface area (Å²) in [6, 6.07) is 0. The van der Waals surface area contributed by atoms with Gasteiger partial charge in [0.2, 0.25) is 11.8 Å². The number of aryl methyl sites for hydroxylation is 2. The first kappa shape index (κ1) is 33.4. The quantitative estimate of drug-likeness (QED) is 0.156. The number of rotatable bonds is 16.